The average molecular weight is 324 g/mol. The maximum absolute atomic E-state index is 12.1. The lowest BCUT2D eigenvalue weighted by Gasteiger charge is -2.28. The predicted molar refractivity (Wildman–Crippen MR) is 93.8 cm³/mol. The second-order valence-corrected chi connectivity index (χ2v) is 5.88. The van der Waals surface area contributed by atoms with Gasteiger partial charge >= 0.3 is 0 Å². The molecule has 3 rings (SSSR count). The van der Waals surface area contributed by atoms with Crippen molar-refractivity contribution in [2.45, 2.75) is 26.2 Å². The van der Waals surface area contributed by atoms with E-state index in [4.69, 9.17) is 4.42 Å². The number of nitrogens with zero attached hydrogens (tertiary/aromatic N) is 1. The van der Waals surface area contributed by atoms with Crippen molar-refractivity contribution in [3.63, 3.8) is 0 Å². The van der Waals surface area contributed by atoms with Crippen LogP contribution in [0.25, 0.3) is 6.08 Å². The minimum absolute atomic E-state index is 0.146. The summed E-state index contributed by atoms with van der Waals surface area (Å²) in [7, 11) is 0. The lowest BCUT2D eigenvalue weighted by molar-refractivity contribution is -0.119. The van der Waals surface area contributed by atoms with E-state index in [1.807, 2.05) is 30.0 Å². The van der Waals surface area contributed by atoms with Crippen molar-refractivity contribution in [2.24, 2.45) is 0 Å². The number of piperidine rings is 1. The minimum atomic E-state index is -0.226. The summed E-state index contributed by atoms with van der Waals surface area (Å²) >= 11 is 0. The summed E-state index contributed by atoms with van der Waals surface area (Å²) in [5, 5.41) is 2.83. The SMILES string of the molecule is Cc1ccc(NC(=O)C=Cc2ccoc2)cc1N1CCCCC1=O. The van der Waals surface area contributed by atoms with Gasteiger partial charge in [-0.15, -0.1) is 0 Å². The van der Waals surface area contributed by atoms with E-state index in [1.54, 1.807) is 24.7 Å². The quantitative estimate of drug-likeness (QED) is 0.871. The molecule has 1 aromatic carbocycles. The number of hydrogen-bond acceptors (Lipinski definition) is 3. The van der Waals surface area contributed by atoms with Crippen molar-refractivity contribution in [2.75, 3.05) is 16.8 Å². The molecule has 0 unspecified atom stereocenters. The zero-order valence-corrected chi connectivity index (χ0v) is 13.6. The van der Waals surface area contributed by atoms with E-state index in [9.17, 15) is 9.59 Å². The maximum Gasteiger partial charge on any atom is 0.248 e. The summed E-state index contributed by atoms with van der Waals surface area (Å²) in [6, 6.07) is 7.40. The van der Waals surface area contributed by atoms with Crippen LogP contribution in [0.1, 0.15) is 30.4 Å². The van der Waals surface area contributed by atoms with Gasteiger partial charge in [0.2, 0.25) is 11.8 Å². The highest BCUT2D eigenvalue weighted by molar-refractivity contribution is 6.02. The van der Waals surface area contributed by atoms with Crippen molar-refractivity contribution >= 4 is 29.3 Å². The van der Waals surface area contributed by atoms with Crippen molar-refractivity contribution in [1.29, 1.82) is 0 Å². The lowest BCUT2D eigenvalue weighted by Crippen LogP contribution is -2.35. The van der Waals surface area contributed by atoms with Gasteiger partial charge in [-0.1, -0.05) is 6.07 Å². The molecule has 2 amide bonds. The molecule has 124 valence electrons. The fourth-order valence-corrected chi connectivity index (χ4v) is 2.76. The van der Waals surface area contributed by atoms with E-state index in [1.165, 1.54) is 6.08 Å². The monoisotopic (exact) mass is 324 g/mol. The highest BCUT2D eigenvalue weighted by Gasteiger charge is 2.21. The van der Waals surface area contributed by atoms with Gasteiger partial charge in [-0.2, -0.15) is 0 Å². The summed E-state index contributed by atoms with van der Waals surface area (Å²) in [5.74, 6) is -0.0800. The molecule has 1 aliphatic heterocycles. The van der Waals surface area contributed by atoms with E-state index in [2.05, 4.69) is 5.32 Å². The Hall–Kier alpha value is -2.82. The Morgan fingerprint density at radius 2 is 2.17 bits per heavy atom. The van der Waals surface area contributed by atoms with Gasteiger partial charge < -0.3 is 14.6 Å². The number of carbonyl (C=O) groups is 2. The molecular weight excluding hydrogens is 304 g/mol. The normalized spacial score (nSPS) is 15.0. The number of amides is 2. The molecule has 0 radical (unpaired) electrons. The van der Waals surface area contributed by atoms with Crippen LogP contribution in [0, 0.1) is 6.92 Å². The van der Waals surface area contributed by atoms with Crippen molar-refractivity contribution in [1.82, 2.24) is 0 Å². The first-order valence-corrected chi connectivity index (χ1v) is 8.06. The van der Waals surface area contributed by atoms with Gasteiger partial charge in [0, 0.05) is 36.0 Å². The average Bonchev–Trinajstić information content (AvgIpc) is 3.09. The Balaban J connectivity index is 1.73. The first-order valence-electron chi connectivity index (χ1n) is 8.06. The summed E-state index contributed by atoms with van der Waals surface area (Å²) in [6.45, 7) is 2.71. The Labute approximate surface area is 141 Å². The van der Waals surface area contributed by atoms with Crippen molar-refractivity contribution in [3.05, 3.63) is 54.0 Å². The Morgan fingerprint density at radius 3 is 2.92 bits per heavy atom. The highest BCUT2D eigenvalue weighted by atomic mass is 16.3. The number of hydrogen-bond donors (Lipinski definition) is 1. The molecule has 5 nitrogen and oxygen atoms in total. The largest absolute Gasteiger partial charge is 0.472 e. The van der Waals surface area contributed by atoms with Crippen molar-refractivity contribution in [3.8, 4) is 0 Å². The molecule has 1 aliphatic rings. The molecular formula is C19H20N2O3. The molecule has 1 saturated heterocycles. The molecule has 0 atom stereocenters. The molecule has 1 aromatic heterocycles. The minimum Gasteiger partial charge on any atom is -0.472 e. The van der Waals surface area contributed by atoms with Gasteiger partial charge in [-0.3, -0.25) is 9.59 Å². The standard InChI is InChI=1S/C19H20N2O3/c1-14-5-7-16(12-17(14)21-10-3-2-4-19(21)23)20-18(22)8-6-15-9-11-24-13-15/h5-9,11-13H,2-4,10H2,1H3,(H,20,22). The van der Waals surface area contributed by atoms with Crippen molar-refractivity contribution < 1.29 is 14.0 Å². The Bertz CT molecular complexity index is 763. The van der Waals surface area contributed by atoms with Gasteiger partial charge in [0.1, 0.15) is 0 Å². The fraction of sp³-hybridized carbons (Fsp3) is 0.263. The molecule has 0 spiro atoms. The molecule has 0 saturated carbocycles. The van der Waals surface area contributed by atoms with E-state index >= 15 is 0 Å². The Kier molecular flexibility index (Phi) is 4.79. The third kappa shape index (κ3) is 3.74. The highest BCUT2D eigenvalue weighted by Crippen LogP contribution is 2.27. The maximum atomic E-state index is 12.1. The fourth-order valence-electron chi connectivity index (χ4n) is 2.76. The molecule has 0 aliphatic carbocycles. The van der Waals surface area contributed by atoms with Gasteiger partial charge in [-0.25, -0.2) is 0 Å². The van der Waals surface area contributed by atoms with E-state index in [0.717, 1.165) is 36.2 Å². The van der Waals surface area contributed by atoms with Crippen LogP contribution < -0.4 is 10.2 Å². The van der Waals surface area contributed by atoms with Crippen LogP contribution >= 0.6 is 0 Å². The van der Waals surface area contributed by atoms with Gasteiger partial charge in [-0.05, 0) is 49.6 Å². The number of benzene rings is 1. The van der Waals surface area contributed by atoms with E-state index in [0.29, 0.717) is 12.1 Å². The summed E-state index contributed by atoms with van der Waals surface area (Å²) in [5.41, 5.74) is 3.40. The van der Waals surface area contributed by atoms with Crippen LogP contribution in [0.3, 0.4) is 0 Å². The molecule has 2 heterocycles. The zero-order valence-electron chi connectivity index (χ0n) is 13.6. The van der Waals surface area contributed by atoms with Crippen LogP contribution in [0.2, 0.25) is 0 Å². The van der Waals surface area contributed by atoms with E-state index < -0.39 is 0 Å². The first-order chi connectivity index (χ1) is 11.6. The number of rotatable bonds is 4. The number of furan rings is 1. The van der Waals surface area contributed by atoms with Gasteiger partial charge in [0.05, 0.1) is 12.5 Å². The molecule has 1 N–H and O–H groups in total. The van der Waals surface area contributed by atoms with Crippen LogP contribution in [0.5, 0.6) is 0 Å². The number of aryl methyl sites for hydroxylation is 1. The number of carbonyl (C=O) groups excluding carboxylic acids is 2. The topological polar surface area (TPSA) is 62.6 Å². The predicted octanol–water partition coefficient (Wildman–Crippen LogP) is 3.76. The third-order valence-corrected chi connectivity index (χ3v) is 4.06. The number of nitrogens with one attached hydrogen (secondary N) is 1. The molecule has 1 fully saturated rings. The Morgan fingerprint density at radius 1 is 1.29 bits per heavy atom. The van der Waals surface area contributed by atoms with E-state index in [-0.39, 0.29) is 11.8 Å². The zero-order chi connectivity index (χ0) is 16.9. The van der Waals surface area contributed by atoms with Crippen LogP contribution in [-0.4, -0.2) is 18.4 Å². The molecule has 24 heavy (non-hydrogen) atoms. The smallest absolute Gasteiger partial charge is 0.248 e. The lowest BCUT2D eigenvalue weighted by atomic mass is 10.1. The van der Waals surface area contributed by atoms with Crippen LogP contribution in [0.15, 0.2) is 47.3 Å². The molecule has 0 bridgehead atoms. The summed E-state index contributed by atoms with van der Waals surface area (Å²) < 4.78 is 4.95. The first kappa shape index (κ1) is 16.1. The summed E-state index contributed by atoms with van der Waals surface area (Å²) in [6.07, 6.45) is 8.80. The third-order valence-electron chi connectivity index (χ3n) is 4.06. The van der Waals surface area contributed by atoms with Gasteiger partial charge in [0.25, 0.3) is 0 Å². The second kappa shape index (κ2) is 7.17. The van der Waals surface area contributed by atoms with Crippen LogP contribution in [-0.2, 0) is 9.59 Å². The second-order valence-electron chi connectivity index (χ2n) is 5.88. The molecule has 2 aromatic rings. The number of anilines is 2. The van der Waals surface area contributed by atoms with Crippen LogP contribution in [0.4, 0.5) is 11.4 Å². The molecule has 5 heteroatoms. The summed E-state index contributed by atoms with van der Waals surface area (Å²) in [4.78, 5) is 26.0. The van der Waals surface area contributed by atoms with Gasteiger partial charge in [0.15, 0.2) is 0 Å².